The van der Waals surface area contributed by atoms with Gasteiger partial charge in [0, 0.05) is 36.9 Å². The van der Waals surface area contributed by atoms with Crippen LogP contribution in [0.3, 0.4) is 0 Å². The summed E-state index contributed by atoms with van der Waals surface area (Å²) in [5, 5.41) is 3.42. The Kier molecular flexibility index (Phi) is 6.60. The van der Waals surface area contributed by atoms with Crippen molar-refractivity contribution in [1.29, 1.82) is 0 Å². The Morgan fingerprint density at radius 2 is 1.58 bits per heavy atom. The Morgan fingerprint density at radius 3 is 2.26 bits per heavy atom. The Morgan fingerprint density at radius 1 is 0.839 bits per heavy atom. The average molecular weight is 409 g/mol. The maximum atomic E-state index is 12.0. The predicted octanol–water partition coefficient (Wildman–Crippen LogP) is 4.36. The molecule has 4 aromatic rings. The fourth-order valence-electron chi connectivity index (χ4n) is 3.32. The largest absolute Gasteiger partial charge is 0.368 e. The van der Waals surface area contributed by atoms with Crippen molar-refractivity contribution in [1.82, 2.24) is 15.0 Å². The zero-order valence-corrected chi connectivity index (χ0v) is 17.1. The van der Waals surface area contributed by atoms with Crippen molar-refractivity contribution >= 4 is 17.9 Å². The lowest BCUT2D eigenvalue weighted by molar-refractivity contribution is -0.107. The second kappa shape index (κ2) is 10.1. The molecular formula is C25H23N5O. The van der Waals surface area contributed by atoms with Gasteiger partial charge in [-0.15, -0.1) is 0 Å². The Balaban J connectivity index is 1.61. The van der Waals surface area contributed by atoms with E-state index in [4.69, 9.17) is 4.98 Å². The summed E-state index contributed by atoms with van der Waals surface area (Å²) in [6.07, 6.45) is 8.73. The molecule has 0 saturated heterocycles. The minimum atomic E-state index is 0.418. The topological polar surface area (TPSA) is 71.0 Å². The molecule has 0 aliphatic rings. The van der Waals surface area contributed by atoms with Crippen LogP contribution in [0.4, 0.5) is 11.5 Å². The van der Waals surface area contributed by atoms with Crippen molar-refractivity contribution in [3.8, 4) is 11.3 Å². The van der Waals surface area contributed by atoms with Gasteiger partial charge in [0.2, 0.25) is 6.41 Å². The number of carbonyl (C=O) groups is 1. The summed E-state index contributed by atoms with van der Waals surface area (Å²) in [6.45, 7) is 1.09. The van der Waals surface area contributed by atoms with E-state index in [2.05, 4.69) is 15.3 Å². The zero-order valence-electron chi connectivity index (χ0n) is 17.1. The first-order valence-corrected chi connectivity index (χ1v) is 10.1. The first kappa shape index (κ1) is 20.2. The number of hydrogen-bond acceptors (Lipinski definition) is 5. The van der Waals surface area contributed by atoms with Crippen LogP contribution in [0, 0.1) is 0 Å². The fourth-order valence-corrected chi connectivity index (χ4v) is 3.32. The van der Waals surface area contributed by atoms with Crippen molar-refractivity contribution in [3.05, 3.63) is 103 Å². The van der Waals surface area contributed by atoms with Crippen LogP contribution in [0.1, 0.15) is 11.1 Å². The summed E-state index contributed by atoms with van der Waals surface area (Å²) in [5.74, 6) is 0.668. The van der Waals surface area contributed by atoms with Crippen LogP contribution in [-0.2, 0) is 17.8 Å². The molecule has 3 aromatic heterocycles. The number of rotatable bonds is 9. The second-order valence-corrected chi connectivity index (χ2v) is 7.06. The lowest BCUT2D eigenvalue weighted by Crippen LogP contribution is -2.23. The van der Waals surface area contributed by atoms with E-state index in [0.29, 0.717) is 18.9 Å². The first-order chi connectivity index (χ1) is 15.3. The van der Waals surface area contributed by atoms with E-state index in [-0.39, 0.29) is 0 Å². The third-order valence-corrected chi connectivity index (χ3v) is 4.88. The Bertz CT molecular complexity index is 1100. The van der Waals surface area contributed by atoms with Gasteiger partial charge in [-0.2, -0.15) is 0 Å². The molecular weight excluding hydrogens is 386 g/mol. The van der Waals surface area contributed by atoms with Gasteiger partial charge in [0.1, 0.15) is 0 Å². The summed E-state index contributed by atoms with van der Waals surface area (Å²) in [4.78, 5) is 26.8. The van der Waals surface area contributed by atoms with Gasteiger partial charge in [-0.3, -0.25) is 14.8 Å². The Labute approximate surface area is 181 Å². The molecule has 3 heterocycles. The average Bonchev–Trinajstić information content (AvgIpc) is 2.84. The van der Waals surface area contributed by atoms with Crippen LogP contribution < -0.4 is 10.2 Å². The lowest BCUT2D eigenvalue weighted by atomic mass is 10.1. The van der Waals surface area contributed by atoms with Crippen LogP contribution in [0.5, 0.6) is 0 Å². The highest BCUT2D eigenvalue weighted by Crippen LogP contribution is 2.28. The highest BCUT2D eigenvalue weighted by molar-refractivity contribution is 5.83. The number of anilines is 2. The van der Waals surface area contributed by atoms with E-state index >= 15 is 0 Å². The molecule has 6 nitrogen and oxygen atoms in total. The normalized spacial score (nSPS) is 10.5. The van der Waals surface area contributed by atoms with Crippen molar-refractivity contribution in [2.75, 3.05) is 16.8 Å². The van der Waals surface area contributed by atoms with Crippen LogP contribution in [0.25, 0.3) is 11.3 Å². The number of carbonyl (C=O) groups excluding carboxylic acids is 1. The number of pyridine rings is 3. The van der Waals surface area contributed by atoms with Crippen molar-refractivity contribution in [3.63, 3.8) is 0 Å². The molecule has 0 aliphatic carbocycles. The minimum absolute atomic E-state index is 0.418. The molecule has 0 aliphatic heterocycles. The molecule has 1 aromatic carbocycles. The molecule has 31 heavy (non-hydrogen) atoms. The van der Waals surface area contributed by atoms with Crippen molar-refractivity contribution in [2.24, 2.45) is 0 Å². The summed E-state index contributed by atoms with van der Waals surface area (Å²) in [6, 6.07) is 21.7. The van der Waals surface area contributed by atoms with E-state index < -0.39 is 0 Å². The molecule has 0 atom stereocenters. The molecule has 6 heteroatoms. The van der Waals surface area contributed by atoms with E-state index in [1.54, 1.807) is 23.5 Å². The van der Waals surface area contributed by atoms with Gasteiger partial charge in [0.05, 0.1) is 17.9 Å². The highest BCUT2D eigenvalue weighted by atomic mass is 16.1. The van der Waals surface area contributed by atoms with E-state index in [1.807, 2.05) is 72.9 Å². The van der Waals surface area contributed by atoms with Crippen LogP contribution in [-0.4, -0.2) is 27.9 Å². The molecule has 0 saturated carbocycles. The first-order valence-electron chi connectivity index (χ1n) is 10.1. The van der Waals surface area contributed by atoms with Gasteiger partial charge >= 0.3 is 0 Å². The van der Waals surface area contributed by atoms with Gasteiger partial charge < -0.3 is 10.2 Å². The summed E-state index contributed by atoms with van der Waals surface area (Å²) in [7, 11) is 0. The second-order valence-electron chi connectivity index (χ2n) is 7.06. The number of nitrogens with one attached hydrogen (secondary N) is 1. The fraction of sp³-hybridized carbons (Fsp3) is 0.120. The number of benzene rings is 1. The SMILES string of the molecule is O=CN(Cc1cccnc1)c1ccc(-c2ccccc2)nc1NCCc1cccnc1. The van der Waals surface area contributed by atoms with E-state index in [0.717, 1.165) is 40.9 Å². The molecule has 0 fully saturated rings. The standard InChI is InChI=1S/C25H23N5O/c31-19-30(18-21-7-5-14-27-17-21)24-11-10-23(22-8-2-1-3-9-22)29-25(24)28-15-12-20-6-4-13-26-16-20/h1-11,13-14,16-17,19H,12,15,18H2,(H,28,29). The smallest absolute Gasteiger partial charge is 0.214 e. The summed E-state index contributed by atoms with van der Waals surface area (Å²) >= 11 is 0. The number of hydrogen-bond donors (Lipinski definition) is 1. The van der Waals surface area contributed by atoms with E-state index in [9.17, 15) is 4.79 Å². The predicted molar refractivity (Wildman–Crippen MR) is 123 cm³/mol. The molecule has 1 N–H and O–H groups in total. The zero-order chi connectivity index (χ0) is 21.3. The summed E-state index contributed by atoms with van der Waals surface area (Å²) in [5.41, 5.74) is 4.68. The third kappa shape index (κ3) is 5.30. The van der Waals surface area contributed by atoms with Crippen LogP contribution in [0.2, 0.25) is 0 Å². The van der Waals surface area contributed by atoms with Gasteiger partial charge in [-0.1, -0.05) is 42.5 Å². The quantitative estimate of drug-likeness (QED) is 0.416. The maximum Gasteiger partial charge on any atom is 0.214 e. The number of amides is 1. The van der Waals surface area contributed by atoms with Crippen LogP contribution in [0.15, 0.2) is 91.5 Å². The maximum absolute atomic E-state index is 12.0. The highest BCUT2D eigenvalue weighted by Gasteiger charge is 2.14. The Hall–Kier alpha value is -4.06. The molecule has 1 amide bonds. The van der Waals surface area contributed by atoms with Crippen LogP contribution >= 0.6 is 0 Å². The molecule has 4 rings (SSSR count). The van der Waals surface area contributed by atoms with Crippen molar-refractivity contribution < 1.29 is 4.79 Å². The monoisotopic (exact) mass is 409 g/mol. The van der Waals surface area contributed by atoms with Gasteiger partial charge in [0.25, 0.3) is 0 Å². The van der Waals surface area contributed by atoms with Crippen molar-refractivity contribution in [2.45, 2.75) is 13.0 Å². The van der Waals surface area contributed by atoms with Gasteiger partial charge in [0.15, 0.2) is 5.82 Å². The van der Waals surface area contributed by atoms with Gasteiger partial charge in [-0.25, -0.2) is 4.98 Å². The van der Waals surface area contributed by atoms with E-state index in [1.165, 1.54) is 0 Å². The molecule has 0 bridgehead atoms. The molecule has 154 valence electrons. The molecule has 0 radical (unpaired) electrons. The number of aromatic nitrogens is 3. The lowest BCUT2D eigenvalue weighted by Gasteiger charge is -2.21. The molecule has 0 unspecified atom stereocenters. The third-order valence-electron chi connectivity index (χ3n) is 4.88. The number of nitrogens with zero attached hydrogens (tertiary/aromatic N) is 4. The summed E-state index contributed by atoms with van der Waals surface area (Å²) < 4.78 is 0. The van der Waals surface area contributed by atoms with Gasteiger partial charge in [-0.05, 0) is 41.8 Å². The minimum Gasteiger partial charge on any atom is -0.368 e. The molecule has 0 spiro atoms.